The lowest BCUT2D eigenvalue weighted by molar-refractivity contribution is 0.00578. The molecular weight excluding hydrogens is 251 g/mol. The molecule has 0 bridgehead atoms. The number of hydrogen-bond acceptors (Lipinski definition) is 3. The van der Waals surface area contributed by atoms with E-state index in [0.29, 0.717) is 0 Å². The minimum atomic E-state index is -0.276. The van der Waals surface area contributed by atoms with Crippen LogP contribution in [0.4, 0.5) is 0 Å². The predicted octanol–water partition coefficient (Wildman–Crippen LogP) is 3.61. The van der Waals surface area contributed by atoms with Crippen LogP contribution in [-0.4, -0.2) is 24.9 Å². The molecule has 0 aliphatic carbocycles. The summed E-state index contributed by atoms with van der Waals surface area (Å²) >= 11 is 0. The molecule has 2 atom stereocenters. The minimum absolute atomic E-state index is 0.0749. The zero-order chi connectivity index (χ0) is 14.4. The van der Waals surface area contributed by atoms with Gasteiger partial charge in [0.05, 0.1) is 17.3 Å². The third-order valence-corrected chi connectivity index (χ3v) is 4.89. The first-order valence-corrected chi connectivity index (χ1v) is 7.43. The summed E-state index contributed by atoms with van der Waals surface area (Å²) in [5.74, 6) is 0.262. The van der Waals surface area contributed by atoms with Crippen LogP contribution in [0.25, 0.3) is 0 Å². The minimum Gasteiger partial charge on any atom is -0.403 e. The second-order valence-electron chi connectivity index (χ2n) is 6.78. The molecule has 2 aliphatic heterocycles. The molecule has 1 aromatic rings. The Morgan fingerprint density at radius 3 is 2.20 bits per heavy atom. The maximum Gasteiger partial charge on any atom is 0.464 e. The van der Waals surface area contributed by atoms with E-state index in [4.69, 9.17) is 14.0 Å². The van der Waals surface area contributed by atoms with E-state index in [2.05, 4.69) is 52.0 Å². The summed E-state index contributed by atoms with van der Waals surface area (Å²) in [6, 6.07) is 10.4. The van der Waals surface area contributed by atoms with E-state index in [1.807, 2.05) is 6.07 Å². The van der Waals surface area contributed by atoms with Crippen molar-refractivity contribution in [3.05, 3.63) is 35.9 Å². The Morgan fingerprint density at radius 1 is 1.00 bits per heavy atom. The monoisotopic (exact) mass is 274 g/mol. The molecule has 0 radical (unpaired) electrons. The lowest BCUT2D eigenvalue weighted by atomic mass is 9.66. The SMILES string of the molecule is CC1(C)OB([C@@H]2CCO[C@@H]2c2ccccc2)OC1(C)C. The number of rotatable bonds is 2. The molecule has 3 rings (SSSR count). The molecule has 20 heavy (non-hydrogen) atoms. The van der Waals surface area contributed by atoms with Crippen molar-refractivity contribution < 1.29 is 14.0 Å². The van der Waals surface area contributed by atoms with Crippen LogP contribution in [0.3, 0.4) is 0 Å². The van der Waals surface area contributed by atoms with Gasteiger partial charge in [-0.3, -0.25) is 0 Å². The Morgan fingerprint density at radius 2 is 1.60 bits per heavy atom. The number of hydrogen-bond donors (Lipinski definition) is 0. The largest absolute Gasteiger partial charge is 0.464 e. The third kappa shape index (κ3) is 2.30. The summed E-state index contributed by atoms with van der Waals surface area (Å²) in [6.07, 6.45) is 1.06. The van der Waals surface area contributed by atoms with Gasteiger partial charge in [0, 0.05) is 12.4 Å². The summed E-state index contributed by atoms with van der Waals surface area (Å²) in [6.45, 7) is 9.16. The standard InChI is InChI=1S/C16H23BO3/c1-15(2)16(3,4)20-17(19-15)13-10-11-18-14(13)12-8-6-5-7-9-12/h5-9,13-14H,10-11H2,1-4H3/t13-,14-/m1/s1. The Labute approximate surface area is 121 Å². The van der Waals surface area contributed by atoms with Gasteiger partial charge in [-0.15, -0.1) is 0 Å². The zero-order valence-corrected chi connectivity index (χ0v) is 12.8. The highest BCUT2D eigenvalue weighted by Crippen LogP contribution is 2.48. The van der Waals surface area contributed by atoms with Gasteiger partial charge in [0.2, 0.25) is 0 Å². The van der Waals surface area contributed by atoms with Crippen LogP contribution < -0.4 is 0 Å². The average molecular weight is 274 g/mol. The van der Waals surface area contributed by atoms with Crippen LogP contribution in [0.5, 0.6) is 0 Å². The molecule has 2 heterocycles. The Balaban J connectivity index is 1.81. The van der Waals surface area contributed by atoms with Gasteiger partial charge in [0.1, 0.15) is 0 Å². The molecule has 0 N–H and O–H groups in total. The highest BCUT2D eigenvalue weighted by molar-refractivity contribution is 6.47. The van der Waals surface area contributed by atoms with E-state index in [9.17, 15) is 0 Å². The smallest absolute Gasteiger partial charge is 0.403 e. The van der Waals surface area contributed by atoms with Crippen molar-refractivity contribution in [1.29, 1.82) is 0 Å². The van der Waals surface area contributed by atoms with Gasteiger partial charge < -0.3 is 14.0 Å². The van der Waals surface area contributed by atoms with Gasteiger partial charge in [-0.25, -0.2) is 0 Å². The average Bonchev–Trinajstić information content (AvgIpc) is 2.94. The molecule has 0 saturated carbocycles. The quantitative estimate of drug-likeness (QED) is 0.771. The molecule has 2 aliphatic rings. The van der Waals surface area contributed by atoms with Crippen LogP contribution >= 0.6 is 0 Å². The van der Waals surface area contributed by atoms with Crippen molar-refractivity contribution in [3.63, 3.8) is 0 Å². The van der Waals surface area contributed by atoms with E-state index in [1.54, 1.807) is 0 Å². The highest BCUT2D eigenvalue weighted by Gasteiger charge is 2.56. The predicted molar refractivity (Wildman–Crippen MR) is 79.6 cm³/mol. The third-order valence-electron chi connectivity index (χ3n) is 4.89. The van der Waals surface area contributed by atoms with Gasteiger partial charge in [0.25, 0.3) is 0 Å². The van der Waals surface area contributed by atoms with E-state index in [-0.39, 0.29) is 30.2 Å². The fraction of sp³-hybridized carbons (Fsp3) is 0.625. The second-order valence-corrected chi connectivity index (χ2v) is 6.78. The van der Waals surface area contributed by atoms with Crippen LogP contribution in [0.15, 0.2) is 30.3 Å². The van der Waals surface area contributed by atoms with Crippen molar-refractivity contribution in [2.24, 2.45) is 0 Å². The fourth-order valence-corrected chi connectivity index (χ4v) is 2.93. The van der Waals surface area contributed by atoms with E-state index in [1.165, 1.54) is 5.56 Å². The van der Waals surface area contributed by atoms with E-state index in [0.717, 1.165) is 13.0 Å². The van der Waals surface area contributed by atoms with Crippen LogP contribution in [-0.2, 0) is 14.0 Å². The summed E-state index contributed by atoms with van der Waals surface area (Å²) < 4.78 is 18.3. The maximum absolute atomic E-state index is 6.20. The first-order valence-electron chi connectivity index (χ1n) is 7.43. The molecule has 0 spiro atoms. The fourth-order valence-electron chi connectivity index (χ4n) is 2.93. The summed E-state index contributed by atoms with van der Waals surface area (Å²) in [5.41, 5.74) is 0.660. The second kappa shape index (κ2) is 4.87. The topological polar surface area (TPSA) is 27.7 Å². The normalized spacial score (nSPS) is 31.7. The molecule has 108 valence electrons. The van der Waals surface area contributed by atoms with Crippen LogP contribution in [0.2, 0.25) is 5.82 Å². The molecule has 0 aromatic heterocycles. The van der Waals surface area contributed by atoms with Crippen molar-refractivity contribution in [1.82, 2.24) is 0 Å². The van der Waals surface area contributed by atoms with Gasteiger partial charge in [0.15, 0.2) is 0 Å². The van der Waals surface area contributed by atoms with Crippen molar-refractivity contribution in [3.8, 4) is 0 Å². The van der Waals surface area contributed by atoms with Crippen molar-refractivity contribution in [2.45, 2.75) is 57.2 Å². The summed E-state index contributed by atoms with van der Waals surface area (Å²) in [7, 11) is -0.187. The van der Waals surface area contributed by atoms with Gasteiger partial charge >= 0.3 is 7.12 Å². The summed E-state index contributed by atoms with van der Waals surface area (Å²) in [5, 5.41) is 0. The van der Waals surface area contributed by atoms with Crippen LogP contribution in [0.1, 0.15) is 45.8 Å². The van der Waals surface area contributed by atoms with E-state index >= 15 is 0 Å². The van der Waals surface area contributed by atoms with Gasteiger partial charge in [-0.2, -0.15) is 0 Å². The van der Waals surface area contributed by atoms with Crippen molar-refractivity contribution >= 4 is 7.12 Å². The molecule has 2 saturated heterocycles. The molecule has 1 aromatic carbocycles. The Kier molecular flexibility index (Phi) is 3.43. The van der Waals surface area contributed by atoms with Gasteiger partial charge in [-0.1, -0.05) is 30.3 Å². The lowest BCUT2D eigenvalue weighted by Crippen LogP contribution is -2.41. The number of ether oxygens (including phenoxy) is 1. The van der Waals surface area contributed by atoms with Crippen molar-refractivity contribution in [2.75, 3.05) is 6.61 Å². The van der Waals surface area contributed by atoms with E-state index < -0.39 is 0 Å². The number of benzene rings is 1. The molecule has 4 heteroatoms. The Bertz CT molecular complexity index is 456. The first kappa shape index (κ1) is 14.1. The lowest BCUT2D eigenvalue weighted by Gasteiger charge is -2.32. The first-order chi connectivity index (χ1) is 9.41. The van der Waals surface area contributed by atoms with Gasteiger partial charge in [-0.05, 0) is 39.7 Å². The highest BCUT2D eigenvalue weighted by atomic mass is 16.7. The summed E-state index contributed by atoms with van der Waals surface area (Å²) in [4.78, 5) is 0. The molecule has 2 fully saturated rings. The zero-order valence-electron chi connectivity index (χ0n) is 12.8. The maximum atomic E-state index is 6.20. The molecule has 0 unspecified atom stereocenters. The molecule has 0 amide bonds. The molecule has 3 nitrogen and oxygen atoms in total. The Hall–Kier alpha value is -0.835. The van der Waals surface area contributed by atoms with Crippen LogP contribution in [0, 0.1) is 0 Å². The molecular formula is C16H23BO3.